The molecule has 2 aromatic carbocycles. The summed E-state index contributed by atoms with van der Waals surface area (Å²) in [5, 5.41) is 11.6. The van der Waals surface area contributed by atoms with E-state index in [1.54, 1.807) is 7.11 Å². The lowest BCUT2D eigenvalue weighted by Gasteiger charge is -2.21. The summed E-state index contributed by atoms with van der Waals surface area (Å²) in [6.07, 6.45) is 0. The fourth-order valence-electron chi connectivity index (χ4n) is 3.06. The highest BCUT2D eigenvalue weighted by Gasteiger charge is 2.16. The summed E-state index contributed by atoms with van der Waals surface area (Å²) in [4.78, 5) is 14.6. The van der Waals surface area contributed by atoms with Gasteiger partial charge in [0.1, 0.15) is 5.75 Å². The number of carbonyl (C=O) groups excluding carboxylic acids is 1. The first-order valence-corrected chi connectivity index (χ1v) is 10.7. The molecular formula is C21H26N6O2S. The molecule has 3 rings (SSSR count). The Labute approximate surface area is 180 Å². The second-order valence-electron chi connectivity index (χ2n) is 6.43. The Balaban J connectivity index is 1.61. The summed E-state index contributed by atoms with van der Waals surface area (Å²) < 4.78 is 6.73. The molecule has 0 bridgehead atoms. The van der Waals surface area contributed by atoms with Crippen molar-refractivity contribution < 1.29 is 9.53 Å². The van der Waals surface area contributed by atoms with Crippen LogP contribution in [0.5, 0.6) is 5.75 Å². The largest absolute Gasteiger partial charge is 0.496 e. The van der Waals surface area contributed by atoms with Gasteiger partial charge >= 0.3 is 0 Å². The summed E-state index contributed by atoms with van der Waals surface area (Å²) in [6.45, 7) is 6.11. The highest BCUT2D eigenvalue weighted by molar-refractivity contribution is 7.99. The summed E-state index contributed by atoms with van der Waals surface area (Å²) >= 11 is 1.22. The summed E-state index contributed by atoms with van der Waals surface area (Å²) in [5.74, 6) is 7.30. The lowest BCUT2D eigenvalue weighted by atomic mass is 10.2. The van der Waals surface area contributed by atoms with Crippen LogP contribution >= 0.6 is 11.8 Å². The van der Waals surface area contributed by atoms with Crippen molar-refractivity contribution in [2.45, 2.75) is 19.0 Å². The smallest absolute Gasteiger partial charge is 0.234 e. The van der Waals surface area contributed by atoms with Crippen LogP contribution in [0.3, 0.4) is 0 Å². The quantitative estimate of drug-likeness (QED) is 0.400. The third kappa shape index (κ3) is 4.85. The lowest BCUT2D eigenvalue weighted by Crippen LogP contribution is -2.21. The van der Waals surface area contributed by atoms with Gasteiger partial charge in [0.2, 0.25) is 11.1 Å². The molecule has 1 heterocycles. The van der Waals surface area contributed by atoms with Gasteiger partial charge in [-0.05, 0) is 50.2 Å². The van der Waals surface area contributed by atoms with Gasteiger partial charge in [-0.15, -0.1) is 10.2 Å². The fraction of sp³-hybridized carbons (Fsp3) is 0.286. The van der Waals surface area contributed by atoms with E-state index in [-0.39, 0.29) is 11.7 Å². The number of rotatable bonds is 9. The van der Waals surface area contributed by atoms with Crippen LogP contribution in [0.4, 0.5) is 11.4 Å². The molecule has 0 saturated carbocycles. The molecule has 9 heteroatoms. The number of para-hydroxylation sites is 1. The normalized spacial score (nSPS) is 10.6. The number of methoxy groups -OCH3 is 1. The van der Waals surface area contributed by atoms with Gasteiger partial charge in [-0.1, -0.05) is 23.9 Å². The van der Waals surface area contributed by atoms with Gasteiger partial charge in [-0.2, -0.15) is 0 Å². The highest BCUT2D eigenvalue weighted by atomic mass is 32.2. The maximum absolute atomic E-state index is 12.3. The molecule has 30 heavy (non-hydrogen) atoms. The van der Waals surface area contributed by atoms with E-state index in [0.29, 0.717) is 16.7 Å². The van der Waals surface area contributed by atoms with Crippen molar-refractivity contribution in [3.63, 3.8) is 0 Å². The van der Waals surface area contributed by atoms with E-state index in [2.05, 4.69) is 34.3 Å². The monoisotopic (exact) mass is 426 g/mol. The number of amides is 1. The zero-order chi connectivity index (χ0) is 21.5. The van der Waals surface area contributed by atoms with Crippen LogP contribution in [0.25, 0.3) is 11.4 Å². The Morgan fingerprint density at radius 2 is 1.83 bits per heavy atom. The van der Waals surface area contributed by atoms with Gasteiger partial charge < -0.3 is 20.8 Å². The molecule has 3 N–H and O–H groups in total. The van der Waals surface area contributed by atoms with Gasteiger partial charge in [0.15, 0.2) is 5.82 Å². The molecule has 0 saturated heterocycles. The molecule has 0 spiro atoms. The molecule has 3 aromatic rings. The summed E-state index contributed by atoms with van der Waals surface area (Å²) in [5.41, 5.74) is 2.62. The number of ether oxygens (including phenoxy) is 1. The maximum Gasteiger partial charge on any atom is 0.234 e. The van der Waals surface area contributed by atoms with E-state index in [1.807, 2.05) is 48.5 Å². The van der Waals surface area contributed by atoms with E-state index in [9.17, 15) is 4.79 Å². The Morgan fingerprint density at radius 3 is 2.50 bits per heavy atom. The second kappa shape index (κ2) is 10.0. The van der Waals surface area contributed by atoms with E-state index in [1.165, 1.54) is 16.4 Å². The molecule has 0 aliphatic carbocycles. The van der Waals surface area contributed by atoms with Crippen LogP contribution in [-0.2, 0) is 4.79 Å². The van der Waals surface area contributed by atoms with Crippen molar-refractivity contribution in [3.8, 4) is 17.1 Å². The molecule has 0 aliphatic heterocycles. The number of hydrogen-bond acceptors (Lipinski definition) is 7. The SMILES string of the molecule is CCN(CC)c1ccc(NC(=O)CSc2nnc(-c3ccccc3OC)n2N)cc1. The number of benzene rings is 2. The van der Waals surface area contributed by atoms with Gasteiger partial charge in [0, 0.05) is 24.5 Å². The van der Waals surface area contributed by atoms with Crippen LogP contribution in [0, 0.1) is 0 Å². The topological polar surface area (TPSA) is 98.3 Å². The minimum absolute atomic E-state index is 0.141. The number of hydrogen-bond donors (Lipinski definition) is 2. The standard InChI is InChI=1S/C21H26N6O2S/c1-4-26(5-2)16-12-10-15(11-13-16)23-19(28)14-30-21-25-24-20(27(21)22)17-8-6-7-9-18(17)29-3/h6-13H,4-5,14,22H2,1-3H3,(H,23,28). The van der Waals surface area contributed by atoms with E-state index >= 15 is 0 Å². The number of carbonyl (C=O) groups is 1. The van der Waals surface area contributed by atoms with Crippen molar-refractivity contribution >= 4 is 29.0 Å². The number of thioether (sulfide) groups is 1. The van der Waals surface area contributed by atoms with Crippen molar-refractivity contribution in [1.82, 2.24) is 14.9 Å². The Hall–Kier alpha value is -3.20. The molecule has 8 nitrogen and oxygen atoms in total. The molecule has 0 radical (unpaired) electrons. The Bertz CT molecular complexity index is 985. The predicted molar refractivity (Wildman–Crippen MR) is 122 cm³/mol. The predicted octanol–water partition coefficient (Wildman–Crippen LogP) is 3.24. The summed E-state index contributed by atoms with van der Waals surface area (Å²) in [7, 11) is 1.59. The van der Waals surface area contributed by atoms with Gasteiger partial charge in [-0.25, -0.2) is 4.68 Å². The van der Waals surface area contributed by atoms with Crippen LogP contribution in [0.15, 0.2) is 53.7 Å². The van der Waals surface area contributed by atoms with E-state index < -0.39 is 0 Å². The number of nitrogens with one attached hydrogen (secondary N) is 1. The zero-order valence-corrected chi connectivity index (χ0v) is 18.1. The molecule has 158 valence electrons. The van der Waals surface area contributed by atoms with Crippen LogP contribution < -0.4 is 20.8 Å². The van der Waals surface area contributed by atoms with Crippen LogP contribution in [0.1, 0.15) is 13.8 Å². The van der Waals surface area contributed by atoms with Crippen molar-refractivity contribution in [2.24, 2.45) is 0 Å². The summed E-state index contributed by atoms with van der Waals surface area (Å²) in [6, 6.07) is 15.2. The first-order chi connectivity index (χ1) is 14.6. The van der Waals surface area contributed by atoms with Crippen molar-refractivity contribution in [3.05, 3.63) is 48.5 Å². The number of nitrogen functional groups attached to an aromatic ring is 1. The second-order valence-corrected chi connectivity index (χ2v) is 7.37. The molecule has 0 fully saturated rings. The third-order valence-corrected chi connectivity index (χ3v) is 5.57. The molecule has 1 aromatic heterocycles. The highest BCUT2D eigenvalue weighted by Crippen LogP contribution is 2.29. The number of anilines is 2. The van der Waals surface area contributed by atoms with Crippen molar-refractivity contribution in [1.29, 1.82) is 0 Å². The van der Waals surface area contributed by atoms with E-state index in [4.69, 9.17) is 10.6 Å². The van der Waals surface area contributed by atoms with E-state index in [0.717, 1.165) is 30.0 Å². The molecule has 0 atom stereocenters. The van der Waals surface area contributed by atoms with Gasteiger partial charge in [0.05, 0.1) is 18.4 Å². The Kier molecular flexibility index (Phi) is 7.18. The van der Waals surface area contributed by atoms with Gasteiger partial charge in [-0.3, -0.25) is 4.79 Å². The van der Waals surface area contributed by atoms with Crippen LogP contribution in [-0.4, -0.2) is 46.7 Å². The minimum Gasteiger partial charge on any atom is -0.496 e. The van der Waals surface area contributed by atoms with Crippen LogP contribution in [0.2, 0.25) is 0 Å². The minimum atomic E-state index is -0.141. The van der Waals surface area contributed by atoms with Crippen molar-refractivity contribution in [2.75, 3.05) is 42.0 Å². The number of nitrogens with zero attached hydrogens (tertiary/aromatic N) is 4. The number of nitrogens with two attached hydrogens (primary N) is 1. The molecule has 0 aliphatic rings. The molecule has 1 amide bonds. The first-order valence-electron chi connectivity index (χ1n) is 9.68. The molecular weight excluding hydrogens is 400 g/mol. The Morgan fingerprint density at radius 1 is 1.13 bits per heavy atom. The van der Waals surface area contributed by atoms with Gasteiger partial charge in [0.25, 0.3) is 0 Å². The lowest BCUT2D eigenvalue weighted by molar-refractivity contribution is -0.113. The average Bonchev–Trinajstić information content (AvgIpc) is 3.14. The molecule has 0 unspecified atom stereocenters. The average molecular weight is 427 g/mol. The first kappa shape index (κ1) is 21.5. The maximum atomic E-state index is 12.3. The zero-order valence-electron chi connectivity index (χ0n) is 17.3. The third-order valence-electron chi connectivity index (χ3n) is 4.62. The number of aromatic nitrogens is 3. The fourth-order valence-corrected chi connectivity index (χ4v) is 3.72.